The fraction of sp³-hybridized carbons (Fsp3) is 0.111. The summed E-state index contributed by atoms with van der Waals surface area (Å²) in [5.74, 6) is -0.194. The van der Waals surface area contributed by atoms with Crippen LogP contribution in [-0.4, -0.2) is 23.1 Å². The van der Waals surface area contributed by atoms with Gasteiger partial charge >= 0.3 is 23.1 Å². The largest absolute Gasteiger partial charge is 0.316 e. The van der Waals surface area contributed by atoms with Crippen LogP contribution in [0.1, 0.15) is 16.0 Å². The predicted octanol–water partition coefficient (Wildman–Crippen LogP) is 5.30. The molecule has 1 heterocycles. The highest BCUT2D eigenvalue weighted by Crippen LogP contribution is 2.30. The van der Waals surface area contributed by atoms with Crippen LogP contribution in [0.2, 0.25) is 0 Å². The lowest BCUT2D eigenvalue weighted by atomic mass is 10.1. The maximum atomic E-state index is 13.0. The second-order valence-electron chi connectivity index (χ2n) is 5.02. The standard InChI is InChI=1S/C18H14BrFS.Mg.2H/c1-12-2-5-15(19)10-14(12)11-17-8-9-18(21-17)13-3-6-16(20)7-4-13;;;/h2-10H,11H2,1H3;;;. The minimum atomic E-state index is -0.194. The quantitative estimate of drug-likeness (QED) is 0.535. The Kier molecular flexibility index (Phi) is 6.21. The van der Waals surface area contributed by atoms with Crippen molar-refractivity contribution in [2.45, 2.75) is 13.3 Å². The summed E-state index contributed by atoms with van der Waals surface area (Å²) in [6.45, 7) is 2.14. The summed E-state index contributed by atoms with van der Waals surface area (Å²) >= 11 is 5.29. The van der Waals surface area contributed by atoms with Crippen molar-refractivity contribution in [3.05, 3.63) is 80.9 Å². The summed E-state index contributed by atoms with van der Waals surface area (Å²) in [6.07, 6.45) is 0.928. The van der Waals surface area contributed by atoms with E-state index in [0.717, 1.165) is 16.5 Å². The van der Waals surface area contributed by atoms with E-state index in [0.29, 0.717) is 0 Å². The summed E-state index contributed by atoms with van der Waals surface area (Å²) in [7, 11) is 0. The van der Waals surface area contributed by atoms with Gasteiger partial charge in [-0.25, -0.2) is 4.39 Å². The highest BCUT2D eigenvalue weighted by Gasteiger charge is 2.06. The molecular formula is C18H16BrFMgS. The van der Waals surface area contributed by atoms with E-state index in [4.69, 9.17) is 0 Å². The molecule has 0 aliphatic heterocycles. The van der Waals surface area contributed by atoms with Crippen LogP contribution in [0.15, 0.2) is 59.1 Å². The van der Waals surface area contributed by atoms with Crippen LogP contribution in [0.25, 0.3) is 10.4 Å². The molecule has 0 aliphatic rings. The molecular weight excluding hydrogens is 371 g/mol. The number of benzene rings is 2. The molecule has 0 amide bonds. The fourth-order valence-corrected chi connectivity index (χ4v) is 3.71. The molecule has 22 heavy (non-hydrogen) atoms. The highest BCUT2D eigenvalue weighted by molar-refractivity contribution is 9.10. The van der Waals surface area contributed by atoms with Gasteiger partial charge in [0.05, 0.1) is 0 Å². The van der Waals surface area contributed by atoms with Crippen LogP contribution in [-0.2, 0) is 6.42 Å². The van der Waals surface area contributed by atoms with Gasteiger partial charge < -0.3 is 0 Å². The molecule has 0 nitrogen and oxygen atoms in total. The van der Waals surface area contributed by atoms with E-state index in [1.54, 1.807) is 11.3 Å². The SMILES string of the molecule is Cc1ccc(Br)cc1Cc1ccc(-c2ccc(F)cc2)s1.[MgH2]. The predicted molar refractivity (Wildman–Crippen MR) is 99.9 cm³/mol. The van der Waals surface area contributed by atoms with Crippen molar-refractivity contribution in [1.82, 2.24) is 0 Å². The smallest absolute Gasteiger partial charge is 0.207 e. The van der Waals surface area contributed by atoms with Gasteiger partial charge in [-0.3, -0.25) is 0 Å². The summed E-state index contributed by atoms with van der Waals surface area (Å²) in [5.41, 5.74) is 3.70. The number of halogens is 2. The number of hydrogen-bond donors (Lipinski definition) is 0. The zero-order chi connectivity index (χ0) is 14.8. The first-order valence-electron chi connectivity index (χ1n) is 6.71. The molecule has 3 aromatic rings. The van der Waals surface area contributed by atoms with Crippen molar-refractivity contribution < 1.29 is 4.39 Å². The second-order valence-corrected chi connectivity index (χ2v) is 7.10. The molecule has 1 aromatic heterocycles. The molecule has 0 aliphatic carbocycles. The van der Waals surface area contributed by atoms with Gasteiger partial charge in [-0.1, -0.05) is 34.1 Å². The van der Waals surface area contributed by atoms with Crippen molar-refractivity contribution in [2.24, 2.45) is 0 Å². The highest BCUT2D eigenvalue weighted by atomic mass is 79.9. The molecule has 0 spiro atoms. The van der Waals surface area contributed by atoms with E-state index in [1.165, 1.54) is 33.0 Å². The number of rotatable bonds is 3. The Labute approximate surface area is 158 Å². The topological polar surface area (TPSA) is 0 Å². The maximum Gasteiger partial charge on any atom is 0.316 e. The van der Waals surface area contributed by atoms with Gasteiger partial charge in [-0.05, 0) is 60.0 Å². The Morgan fingerprint density at radius 1 is 1.00 bits per heavy atom. The fourth-order valence-electron chi connectivity index (χ4n) is 2.26. The van der Waals surface area contributed by atoms with Crippen molar-refractivity contribution in [3.63, 3.8) is 0 Å². The molecule has 0 atom stereocenters. The molecule has 2 aromatic carbocycles. The van der Waals surface area contributed by atoms with Crippen molar-refractivity contribution in [3.8, 4) is 10.4 Å². The van der Waals surface area contributed by atoms with Gasteiger partial charge in [0.25, 0.3) is 0 Å². The van der Waals surface area contributed by atoms with Gasteiger partial charge in [-0.2, -0.15) is 0 Å². The molecule has 110 valence electrons. The van der Waals surface area contributed by atoms with Crippen LogP contribution in [0.3, 0.4) is 0 Å². The Balaban J connectivity index is 0.00000176. The van der Waals surface area contributed by atoms with Crippen LogP contribution in [0.5, 0.6) is 0 Å². The lowest BCUT2D eigenvalue weighted by molar-refractivity contribution is 0.628. The lowest BCUT2D eigenvalue weighted by Gasteiger charge is -2.04. The second kappa shape index (κ2) is 7.73. The molecule has 0 radical (unpaired) electrons. The van der Waals surface area contributed by atoms with Gasteiger partial charge in [-0.15, -0.1) is 11.3 Å². The first-order valence-corrected chi connectivity index (χ1v) is 8.32. The van der Waals surface area contributed by atoms with Crippen LogP contribution < -0.4 is 0 Å². The molecule has 0 N–H and O–H groups in total. The molecule has 0 bridgehead atoms. The van der Waals surface area contributed by atoms with Crippen molar-refractivity contribution in [2.75, 3.05) is 0 Å². The normalized spacial score (nSPS) is 10.3. The van der Waals surface area contributed by atoms with E-state index >= 15 is 0 Å². The number of aryl methyl sites for hydroxylation is 1. The average Bonchev–Trinajstić information content (AvgIpc) is 2.92. The zero-order valence-corrected chi connectivity index (χ0v) is 14.0. The molecule has 0 saturated heterocycles. The number of hydrogen-bond acceptors (Lipinski definition) is 1. The average molecular weight is 388 g/mol. The molecule has 0 saturated carbocycles. The van der Waals surface area contributed by atoms with Gasteiger partial charge in [0.2, 0.25) is 0 Å². The van der Waals surface area contributed by atoms with Crippen LogP contribution in [0.4, 0.5) is 4.39 Å². The summed E-state index contributed by atoms with van der Waals surface area (Å²) in [6, 6.07) is 17.3. The van der Waals surface area contributed by atoms with Gasteiger partial charge in [0.1, 0.15) is 5.82 Å². The number of thiophene rings is 1. The maximum absolute atomic E-state index is 13.0. The Hall–Kier alpha value is -0.684. The summed E-state index contributed by atoms with van der Waals surface area (Å²) < 4.78 is 14.1. The Morgan fingerprint density at radius 3 is 2.45 bits per heavy atom. The third kappa shape index (κ3) is 4.19. The van der Waals surface area contributed by atoms with E-state index in [9.17, 15) is 4.39 Å². The summed E-state index contributed by atoms with van der Waals surface area (Å²) in [5, 5.41) is 0. The van der Waals surface area contributed by atoms with Gasteiger partial charge in [0.15, 0.2) is 0 Å². The molecule has 3 rings (SSSR count). The third-order valence-corrected chi connectivity index (χ3v) is 5.09. The monoisotopic (exact) mass is 386 g/mol. The minimum Gasteiger partial charge on any atom is -0.207 e. The lowest BCUT2D eigenvalue weighted by Crippen LogP contribution is -1.89. The van der Waals surface area contributed by atoms with E-state index in [-0.39, 0.29) is 28.9 Å². The van der Waals surface area contributed by atoms with Crippen LogP contribution in [0, 0.1) is 12.7 Å². The van der Waals surface area contributed by atoms with Crippen molar-refractivity contribution in [1.29, 1.82) is 0 Å². The first kappa shape index (κ1) is 17.7. The first-order chi connectivity index (χ1) is 10.1. The summed E-state index contributed by atoms with van der Waals surface area (Å²) in [4.78, 5) is 2.49. The van der Waals surface area contributed by atoms with Crippen molar-refractivity contribution >= 4 is 50.3 Å². The van der Waals surface area contributed by atoms with E-state index < -0.39 is 0 Å². The van der Waals surface area contributed by atoms with E-state index in [2.05, 4.69) is 53.2 Å². The molecule has 0 fully saturated rings. The van der Waals surface area contributed by atoms with Crippen LogP contribution >= 0.6 is 27.3 Å². The third-order valence-electron chi connectivity index (χ3n) is 3.47. The zero-order valence-electron chi connectivity index (χ0n) is 11.6. The molecule has 4 heteroatoms. The van der Waals surface area contributed by atoms with E-state index in [1.807, 2.05) is 12.1 Å². The Morgan fingerprint density at radius 2 is 1.73 bits per heavy atom. The minimum absolute atomic E-state index is 0. The Bertz CT molecular complexity index is 765. The van der Waals surface area contributed by atoms with Gasteiger partial charge in [0, 0.05) is 20.6 Å². The molecule has 0 unspecified atom stereocenters.